The summed E-state index contributed by atoms with van der Waals surface area (Å²) in [6.07, 6.45) is 2.51. The number of hydrogen-bond acceptors (Lipinski definition) is 5. The van der Waals surface area contributed by atoms with Crippen LogP contribution in [0.1, 0.15) is 32.6 Å². The van der Waals surface area contributed by atoms with Crippen LogP contribution in [0.2, 0.25) is 0 Å². The first-order valence-electron chi connectivity index (χ1n) is 8.32. The van der Waals surface area contributed by atoms with Gasteiger partial charge in [-0.25, -0.2) is 0 Å². The van der Waals surface area contributed by atoms with Gasteiger partial charge in [-0.3, -0.25) is 19.3 Å². The fourth-order valence-electron chi connectivity index (χ4n) is 2.60. The van der Waals surface area contributed by atoms with E-state index in [1.54, 1.807) is 0 Å². The molecular weight excluding hydrogens is 305 g/mol. The van der Waals surface area contributed by atoms with Crippen LogP contribution < -0.4 is 10.6 Å². The van der Waals surface area contributed by atoms with E-state index in [2.05, 4.69) is 20.4 Å². The van der Waals surface area contributed by atoms with Crippen molar-refractivity contribution in [3.8, 4) is 0 Å². The quantitative estimate of drug-likeness (QED) is 0.420. The van der Waals surface area contributed by atoms with Crippen molar-refractivity contribution in [1.29, 1.82) is 0 Å². The Kier molecular flexibility index (Phi) is 8.79. The molecule has 132 valence electrons. The van der Waals surface area contributed by atoms with Gasteiger partial charge in [-0.1, -0.05) is 0 Å². The largest absolute Gasteiger partial charge is 0.356 e. The fraction of sp³-hybridized carbons (Fsp3) is 0.812. The lowest BCUT2D eigenvalue weighted by Crippen LogP contribution is -2.46. The van der Waals surface area contributed by atoms with E-state index in [1.165, 1.54) is 6.92 Å². The summed E-state index contributed by atoms with van der Waals surface area (Å²) in [4.78, 5) is 38.9. The summed E-state index contributed by atoms with van der Waals surface area (Å²) in [6, 6.07) is -0.0734. The monoisotopic (exact) mass is 335 g/mol. The maximum Gasteiger partial charge on any atom is 0.237 e. The van der Waals surface area contributed by atoms with Crippen LogP contribution in [0.4, 0.5) is 0 Å². The van der Waals surface area contributed by atoms with Crippen molar-refractivity contribution in [3.63, 3.8) is 0 Å². The Morgan fingerprint density at radius 1 is 1.13 bits per heavy atom. The molecule has 1 heterocycles. The van der Waals surface area contributed by atoms with Gasteiger partial charge in [0.25, 0.3) is 0 Å². The van der Waals surface area contributed by atoms with E-state index in [4.69, 9.17) is 0 Å². The lowest BCUT2D eigenvalue weighted by Gasteiger charge is -2.25. The highest BCUT2D eigenvalue weighted by atomic mass is 16.3. The molecule has 0 radical (unpaired) electrons. The van der Waals surface area contributed by atoms with Crippen molar-refractivity contribution in [1.82, 2.24) is 20.4 Å². The molecule has 0 aromatic carbocycles. The summed E-state index contributed by atoms with van der Waals surface area (Å²) < 4.78 is 0. The smallest absolute Gasteiger partial charge is 0.237 e. The van der Waals surface area contributed by atoms with E-state index in [9.17, 15) is 14.4 Å². The van der Waals surface area contributed by atoms with Crippen LogP contribution in [0.25, 0.3) is 0 Å². The number of amides is 2. The standard InChI is InChI=1S/C16H30N4O3/c1-13(21)6-8-17-15(22)7-9-18-16(23)14-5-4-10-20(14)12-11-19(2)3/h14H,4-12H2,1-3H3,(H,17,22)(H,18,23)/i4+1,5+1,6+1,10+1,13+1,14+1,16+1,19+1,20+1. The van der Waals surface area contributed by atoms with Crippen LogP contribution in [-0.4, -0.2) is 80.3 Å². The van der Waals surface area contributed by atoms with E-state index in [0.717, 1.165) is 32.5 Å². The van der Waals surface area contributed by atoms with Gasteiger partial charge in [-0.05, 0) is 40.4 Å². The Balaban J connectivity index is 2.22. The molecule has 0 spiro atoms. The van der Waals surface area contributed by atoms with Gasteiger partial charge in [-0.2, -0.15) is 0 Å². The first-order valence-corrected chi connectivity index (χ1v) is 8.32. The second kappa shape index (κ2) is 10.3. The normalized spacial score (nSPS) is 18.2. The molecule has 0 bridgehead atoms. The van der Waals surface area contributed by atoms with Crippen LogP contribution in [-0.2, 0) is 14.4 Å². The predicted octanol–water partition coefficient (Wildman–Crippen LogP) is -0.386. The minimum atomic E-state index is -0.137. The zero-order valence-corrected chi connectivity index (χ0v) is 14.6. The molecule has 0 saturated carbocycles. The van der Waals surface area contributed by atoms with Crippen LogP contribution in [0.5, 0.6) is 0 Å². The summed E-state index contributed by atoms with van der Waals surface area (Å²) in [7, 11) is 4.05. The predicted molar refractivity (Wildman–Crippen MR) is 89.1 cm³/mol. The van der Waals surface area contributed by atoms with E-state index < -0.39 is 0 Å². The minimum absolute atomic E-state index is 0.0118. The van der Waals surface area contributed by atoms with Gasteiger partial charge < -0.3 is 15.5 Å². The van der Waals surface area contributed by atoms with Crippen molar-refractivity contribution < 1.29 is 14.4 Å². The van der Waals surface area contributed by atoms with Crippen LogP contribution >= 0.6 is 0 Å². The number of carbonyl (C=O) groups is 3. The maximum absolute atomic E-state index is 12.2. The molecule has 7 nitrogen and oxygen atoms in total. The van der Waals surface area contributed by atoms with Crippen LogP contribution in [0.3, 0.4) is 0 Å². The molecule has 1 unspecified atom stereocenters. The average molecular weight is 335 g/mol. The second-order valence-corrected chi connectivity index (χ2v) is 6.34. The molecule has 1 atom stereocenters. The molecule has 2 amide bonds. The molecule has 7 heteroatoms. The van der Waals surface area contributed by atoms with E-state index in [1.807, 2.05) is 14.1 Å². The summed E-state index contributed by atoms with van der Waals surface area (Å²) in [5.41, 5.74) is 0. The van der Waals surface area contributed by atoms with Crippen molar-refractivity contribution in [2.24, 2.45) is 0 Å². The molecule has 1 aliphatic heterocycles. The number of Topliss-reactive ketones (excluding diaryl/α,β-unsaturated/α-hetero) is 1. The lowest BCUT2D eigenvalue weighted by atomic mass is 10.4. The van der Waals surface area contributed by atoms with Gasteiger partial charge in [0.15, 0.2) is 0 Å². The minimum Gasteiger partial charge on any atom is -0.356 e. The molecule has 1 rings (SSSR count). The molecule has 0 aromatic heterocycles. The summed E-state index contributed by atoms with van der Waals surface area (Å²) >= 11 is 0. The van der Waals surface area contributed by atoms with Crippen molar-refractivity contribution in [2.75, 3.05) is 46.8 Å². The molecule has 2 N–H and O–H groups in total. The molecule has 0 aromatic rings. The molecule has 1 aliphatic rings. The van der Waals surface area contributed by atoms with Crippen molar-refractivity contribution in [2.45, 2.75) is 38.6 Å². The number of ketones is 1. The zero-order chi connectivity index (χ0) is 17.2. The van der Waals surface area contributed by atoms with E-state index in [-0.39, 0.29) is 30.1 Å². The lowest BCUT2D eigenvalue weighted by molar-refractivity contribution is -0.125. The molecule has 23 heavy (non-hydrogen) atoms. The Morgan fingerprint density at radius 2 is 1.83 bits per heavy atom. The summed E-state index contributed by atoms with van der Waals surface area (Å²) in [5.74, 6) is -0.0714. The Bertz CT molecular complexity index is 412. The van der Waals surface area contributed by atoms with Gasteiger partial charge >= 0.3 is 0 Å². The van der Waals surface area contributed by atoms with Crippen molar-refractivity contribution >= 4 is 17.6 Å². The Morgan fingerprint density at radius 3 is 2.48 bits per heavy atom. The fourth-order valence-corrected chi connectivity index (χ4v) is 2.60. The second-order valence-electron chi connectivity index (χ2n) is 6.34. The van der Waals surface area contributed by atoms with E-state index in [0.29, 0.717) is 19.5 Å². The third-order valence-electron chi connectivity index (χ3n) is 3.95. The van der Waals surface area contributed by atoms with Gasteiger partial charge in [0.1, 0.15) is 5.78 Å². The molecular formula is C16H30N4O3. The van der Waals surface area contributed by atoms with Gasteiger partial charge in [0.05, 0.1) is 6.04 Å². The highest BCUT2D eigenvalue weighted by molar-refractivity contribution is 5.83. The molecule has 1 fully saturated rings. The first kappa shape index (κ1) is 19.6. The third kappa shape index (κ3) is 8.08. The number of rotatable bonds is 10. The van der Waals surface area contributed by atoms with Crippen LogP contribution in [0, 0.1) is 0 Å². The van der Waals surface area contributed by atoms with E-state index >= 15 is 0 Å². The summed E-state index contributed by atoms with van der Waals surface area (Å²) in [6.45, 7) is 4.97. The zero-order valence-electron chi connectivity index (χ0n) is 14.6. The Labute approximate surface area is 138 Å². The van der Waals surface area contributed by atoms with Gasteiger partial charge in [-0.15, -0.1) is 0 Å². The number of nitrogens with one attached hydrogen (secondary N) is 2. The molecule has 0 aliphatic carbocycles. The van der Waals surface area contributed by atoms with Gasteiger partial charge in [0.2, 0.25) is 11.8 Å². The number of likely N-dealkylation sites (N-methyl/N-ethyl adjacent to an activating group) is 1. The van der Waals surface area contributed by atoms with Crippen LogP contribution in [0.15, 0.2) is 0 Å². The number of likely N-dealkylation sites (tertiary alicyclic amines) is 1. The first-order chi connectivity index (χ1) is 10.9. The summed E-state index contributed by atoms with van der Waals surface area (Å²) in [5, 5.41) is 5.52. The SMILES string of the molecule is C[13C](=O)[13CH2]CNC(=O)CCN[13C](=O)[13CH]1[13CH2][13CH2][13CH2][15N]1CC[15N](C)C. The number of hydrogen-bond donors (Lipinski definition) is 2. The van der Waals surface area contributed by atoms with Crippen molar-refractivity contribution in [3.05, 3.63) is 0 Å². The Hall–Kier alpha value is -1.47. The topological polar surface area (TPSA) is 81.8 Å². The third-order valence-corrected chi connectivity index (χ3v) is 3.95. The highest BCUT2D eigenvalue weighted by Crippen LogP contribution is 2.16. The number of nitrogens with zero attached hydrogens (tertiary/aromatic N) is 2. The highest BCUT2D eigenvalue weighted by Gasteiger charge is 2.30. The number of carbonyl (C=O) groups excluding carboxylic acids is 3. The maximum atomic E-state index is 12.2. The molecule has 1 saturated heterocycles. The average Bonchev–Trinajstić information content (AvgIpc) is 2.93. The van der Waals surface area contributed by atoms with Gasteiger partial charge in [0, 0.05) is 39.0 Å².